The fourth-order valence-corrected chi connectivity index (χ4v) is 0.862. The Kier molecular flexibility index (Phi) is 2.45. The zero-order chi connectivity index (χ0) is 7.40. The lowest BCUT2D eigenvalue weighted by atomic mass is 10.4. The van der Waals surface area contributed by atoms with E-state index < -0.39 is 0 Å². The molecule has 0 aliphatic carbocycles. The fraction of sp³-hybridized carbons (Fsp3) is 0.571. The van der Waals surface area contributed by atoms with Crippen LogP contribution in [0.4, 0.5) is 0 Å². The molecule has 0 bridgehead atoms. The second-order valence-electron chi connectivity index (χ2n) is 2.31. The van der Waals surface area contributed by atoms with Gasteiger partial charge in [0.2, 0.25) is 0 Å². The number of hydrogen-bond acceptors (Lipinski definition) is 2. The first-order valence-corrected chi connectivity index (χ1v) is 3.42. The molecule has 0 amide bonds. The molecule has 0 fully saturated rings. The van der Waals surface area contributed by atoms with Crippen molar-refractivity contribution >= 4 is 0 Å². The van der Waals surface area contributed by atoms with Crippen LogP contribution >= 0.6 is 0 Å². The van der Waals surface area contributed by atoms with Crippen LogP contribution in [0.1, 0.15) is 12.1 Å². The van der Waals surface area contributed by atoms with Gasteiger partial charge in [-0.2, -0.15) is 0 Å². The highest BCUT2D eigenvalue weighted by molar-refractivity contribution is 4.93. The molecule has 1 aromatic heterocycles. The Morgan fingerprint density at radius 3 is 3.00 bits per heavy atom. The summed E-state index contributed by atoms with van der Waals surface area (Å²) in [5.74, 6) is 0. The zero-order valence-corrected chi connectivity index (χ0v) is 6.12. The Morgan fingerprint density at radius 1 is 1.70 bits per heavy atom. The van der Waals surface area contributed by atoms with Crippen molar-refractivity contribution in [2.75, 3.05) is 6.61 Å². The lowest BCUT2D eigenvalue weighted by Crippen LogP contribution is -1.99. The van der Waals surface area contributed by atoms with Gasteiger partial charge in [-0.05, 0) is 13.3 Å². The maximum atomic E-state index is 8.52. The Balaban J connectivity index is 2.49. The summed E-state index contributed by atoms with van der Waals surface area (Å²) in [5.41, 5.74) is 1.15. The summed E-state index contributed by atoms with van der Waals surface area (Å²) >= 11 is 0. The molecule has 1 N–H and O–H groups in total. The highest BCUT2D eigenvalue weighted by Gasteiger charge is 1.93. The third-order valence-corrected chi connectivity index (χ3v) is 1.48. The van der Waals surface area contributed by atoms with E-state index in [9.17, 15) is 0 Å². The summed E-state index contributed by atoms with van der Waals surface area (Å²) in [7, 11) is 0. The summed E-state index contributed by atoms with van der Waals surface area (Å²) in [5, 5.41) is 8.52. The number of rotatable bonds is 3. The predicted molar refractivity (Wildman–Crippen MR) is 38.7 cm³/mol. The van der Waals surface area contributed by atoms with Gasteiger partial charge in [-0.1, -0.05) is 0 Å². The van der Waals surface area contributed by atoms with E-state index in [1.54, 1.807) is 6.33 Å². The first kappa shape index (κ1) is 7.28. The van der Waals surface area contributed by atoms with Crippen LogP contribution in [0.25, 0.3) is 0 Å². The van der Waals surface area contributed by atoms with Gasteiger partial charge in [0.1, 0.15) is 0 Å². The SMILES string of the molecule is Cc1cncn1CCCO. The first-order valence-electron chi connectivity index (χ1n) is 3.42. The van der Waals surface area contributed by atoms with E-state index in [2.05, 4.69) is 4.98 Å². The molecule has 0 radical (unpaired) electrons. The molecule has 1 rings (SSSR count). The number of imidazole rings is 1. The van der Waals surface area contributed by atoms with Crippen LogP contribution in [-0.4, -0.2) is 21.3 Å². The van der Waals surface area contributed by atoms with Crippen molar-refractivity contribution in [3.63, 3.8) is 0 Å². The Labute approximate surface area is 60.3 Å². The van der Waals surface area contributed by atoms with Crippen molar-refractivity contribution in [2.45, 2.75) is 19.9 Å². The fourth-order valence-electron chi connectivity index (χ4n) is 0.862. The molecule has 0 aliphatic rings. The first-order chi connectivity index (χ1) is 4.84. The molecule has 0 aromatic carbocycles. The van der Waals surface area contributed by atoms with Crippen LogP contribution in [0.15, 0.2) is 12.5 Å². The minimum absolute atomic E-state index is 0.248. The van der Waals surface area contributed by atoms with E-state index in [1.165, 1.54) is 0 Å². The van der Waals surface area contributed by atoms with E-state index >= 15 is 0 Å². The van der Waals surface area contributed by atoms with E-state index in [1.807, 2.05) is 17.7 Å². The lowest BCUT2D eigenvalue weighted by Gasteiger charge is -2.00. The summed E-state index contributed by atoms with van der Waals surface area (Å²) in [4.78, 5) is 3.96. The third kappa shape index (κ3) is 1.57. The Hall–Kier alpha value is -0.830. The average molecular weight is 140 g/mol. The summed E-state index contributed by atoms with van der Waals surface area (Å²) in [6.45, 7) is 3.12. The average Bonchev–Trinajstić information content (AvgIpc) is 2.31. The number of aryl methyl sites for hydroxylation is 2. The van der Waals surface area contributed by atoms with E-state index in [-0.39, 0.29) is 6.61 Å². The monoisotopic (exact) mass is 140 g/mol. The maximum absolute atomic E-state index is 8.52. The van der Waals surface area contributed by atoms with Gasteiger partial charge >= 0.3 is 0 Å². The topological polar surface area (TPSA) is 38.0 Å². The van der Waals surface area contributed by atoms with Crippen molar-refractivity contribution < 1.29 is 5.11 Å². The largest absolute Gasteiger partial charge is 0.396 e. The molecule has 56 valence electrons. The number of aliphatic hydroxyl groups excluding tert-OH is 1. The Bertz CT molecular complexity index is 195. The van der Waals surface area contributed by atoms with Gasteiger partial charge in [0, 0.05) is 25.0 Å². The smallest absolute Gasteiger partial charge is 0.0948 e. The minimum Gasteiger partial charge on any atom is -0.396 e. The van der Waals surface area contributed by atoms with Crippen molar-refractivity contribution in [3.8, 4) is 0 Å². The Morgan fingerprint density at radius 2 is 2.50 bits per heavy atom. The van der Waals surface area contributed by atoms with Gasteiger partial charge in [0.05, 0.1) is 6.33 Å². The van der Waals surface area contributed by atoms with E-state index in [4.69, 9.17) is 5.11 Å². The van der Waals surface area contributed by atoms with Crippen molar-refractivity contribution in [2.24, 2.45) is 0 Å². The van der Waals surface area contributed by atoms with Gasteiger partial charge in [-0.3, -0.25) is 0 Å². The van der Waals surface area contributed by atoms with Crippen LogP contribution in [0, 0.1) is 6.92 Å². The lowest BCUT2D eigenvalue weighted by molar-refractivity contribution is 0.279. The highest BCUT2D eigenvalue weighted by atomic mass is 16.3. The van der Waals surface area contributed by atoms with Crippen LogP contribution < -0.4 is 0 Å². The molecule has 3 heteroatoms. The van der Waals surface area contributed by atoms with E-state index in [0.29, 0.717) is 0 Å². The molecular formula is C7H12N2O. The highest BCUT2D eigenvalue weighted by Crippen LogP contribution is 1.96. The standard InChI is InChI=1S/C7H12N2O/c1-7-5-8-6-9(7)3-2-4-10/h5-6,10H,2-4H2,1H3. The minimum atomic E-state index is 0.248. The summed E-state index contributed by atoms with van der Waals surface area (Å²) in [6.07, 6.45) is 4.40. The molecular weight excluding hydrogens is 128 g/mol. The second kappa shape index (κ2) is 3.37. The van der Waals surface area contributed by atoms with Crippen LogP contribution in [-0.2, 0) is 6.54 Å². The predicted octanol–water partition coefficient (Wildman–Crippen LogP) is 0.574. The van der Waals surface area contributed by atoms with E-state index in [0.717, 1.165) is 18.7 Å². The number of aromatic nitrogens is 2. The van der Waals surface area contributed by atoms with Crippen molar-refractivity contribution in [1.29, 1.82) is 0 Å². The van der Waals surface area contributed by atoms with Crippen molar-refractivity contribution in [1.82, 2.24) is 9.55 Å². The van der Waals surface area contributed by atoms with Gasteiger partial charge in [0.25, 0.3) is 0 Å². The third-order valence-electron chi connectivity index (χ3n) is 1.48. The molecule has 0 atom stereocenters. The molecule has 3 nitrogen and oxygen atoms in total. The van der Waals surface area contributed by atoms with Gasteiger partial charge < -0.3 is 9.67 Å². The molecule has 0 unspecified atom stereocenters. The molecule has 0 saturated carbocycles. The quantitative estimate of drug-likeness (QED) is 0.666. The molecule has 0 saturated heterocycles. The molecule has 1 heterocycles. The molecule has 0 spiro atoms. The van der Waals surface area contributed by atoms with Gasteiger partial charge in [0.15, 0.2) is 0 Å². The molecule has 1 aromatic rings. The summed E-state index contributed by atoms with van der Waals surface area (Å²) in [6, 6.07) is 0. The van der Waals surface area contributed by atoms with Crippen LogP contribution in [0.3, 0.4) is 0 Å². The van der Waals surface area contributed by atoms with Crippen molar-refractivity contribution in [3.05, 3.63) is 18.2 Å². The molecule has 0 aliphatic heterocycles. The second-order valence-corrected chi connectivity index (χ2v) is 2.31. The number of aliphatic hydroxyl groups is 1. The van der Waals surface area contributed by atoms with Gasteiger partial charge in [-0.25, -0.2) is 4.98 Å². The zero-order valence-electron chi connectivity index (χ0n) is 6.12. The normalized spacial score (nSPS) is 10.2. The van der Waals surface area contributed by atoms with Crippen LogP contribution in [0.2, 0.25) is 0 Å². The molecule has 10 heavy (non-hydrogen) atoms. The number of hydrogen-bond donors (Lipinski definition) is 1. The maximum Gasteiger partial charge on any atom is 0.0948 e. The van der Waals surface area contributed by atoms with Crippen LogP contribution in [0.5, 0.6) is 0 Å². The van der Waals surface area contributed by atoms with Gasteiger partial charge in [-0.15, -0.1) is 0 Å². The number of nitrogens with zero attached hydrogens (tertiary/aromatic N) is 2. The summed E-state index contributed by atoms with van der Waals surface area (Å²) < 4.78 is 2.02.